The highest BCUT2D eigenvalue weighted by molar-refractivity contribution is 5.29. The number of methoxy groups -OCH3 is 1. The molecule has 0 N–H and O–H groups in total. The summed E-state index contributed by atoms with van der Waals surface area (Å²) in [5, 5.41) is 0. The molecule has 2 saturated heterocycles. The van der Waals surface area contributed by atoms with Gasteiger partial charge in [0.25, 0.3) is 0 Å². The zero-order valence-corrected chi connectivity index (χ0v) is 14.7. The van der Waals surface area contributed by atoms with E-state index in [2.05, 4.69) is 34.1 Å². The first-order valence-corrected chi connectivity index (χ1v) is 9.47. The minimum atomic E-state index is 0.591. The van der Waals surface area contributed by atoms with Gasteiger partial charge in [-0.1, -0.05) is 31.4 Å². The van der Waals surface area contributed by atoms with E-state index >= 15 is 0 Å². The average Bonchev–Trinajstić information content (AvgIpc) is 2.86. The van der Waals surface area contributed by atoms with Gasteiger partial charge in [-0.2, -0.15) is 0 Å². The Kier molecular flexibility index (Phi) is 6.35. The van der Waals surface area contributed by atoms with Crippen LogP contribution in [0.15, 0.2) is 24.3 Å². The molecular weight excluding hydrogens is 284 g/mol. The number of hydrogen-bond acceptors (Lipinski definition) is 3. The summed E-state index contributed by atoms with van der Waals surface area (Å²) in [6.07, 6.45) is 9.60. The summed E-state index contributed by atoms with van der Waals surface area (Å²) in [6.45, 7) is 6.33. The molecule has 3 rings (SSSR count). The summed E-state index contributed by atoms with van der Waals surface area (Å²) in [6, 6.07) is 9.35. The molecule has 0 bridgehead atoms. The Hall–Kier alpha value is -1.06. The lowest BCUT2D eigenvalue weighted by Gasteiger charge is -2.34. The number of likely N-dealkylation sites (tertiary alicyclic amines) is 2. The fourth-order valence-electron chi connectivity index (χ4n) is 4.09. The van der Waals surface area contributed by atoms with Crippen molar-refractivity contribution < 1.29 is 4.74 Å². The monoisotopic (exact) mass is 316 g/mol. The molecule has 2 aliphatic heterocycles. The minimum Gasteiger partial charge on any atom is -0.497 e. The lowest BCUT2D eigenvalue weighted by atomic mass is 10.0. The number of rotatable bonds is 5. The van der Waals surface area contributed by atoms with E-state index in [1.165, 1.54) is 83.2 Å². The SMILES string of the molecule is COc1ccc(C2CCCCCN2CCN2CCCCC2)cc1. The number of nitrogens with zero attached hydrogens (tertiary/aromatic N) is 2. The second-order valence-electron chi connectivity index (χ2n) is 7.08. The number of piperidine rings is 1. The van der Waals surface area contributed by atoms with E-state index in [9.17, 15) is 0 Å². The highest BCUT2D eigenvalue weighted by Gasteiger charge is 2.23. The van der Waals surface area contributed by atoms with Crippen LogP contribution in [-0.4, -0.2) is 49.6 Å². The van der Waals surface area contributed by atoms with Crippen molar-refractivity contribution in [2.75, 3.05) is 39.8 Å². The topological polar surface area (TPSA) is 15.7 Å². The Morgan fingerprint density at radius 2 is 1.57 bits per heavy atom. The fraction of sp³-hybridized carbons (Fsp3) is 0.700. The first-order valence-electron chi connectivity index (χ1n) is 9.47. The molecule has 0 amide bonds. The van der Waals surface area contributed by atoms with Crippen LogP contribution in [0.5, 0.6) is 5.75 Å². The summed E-state index contributed by atoms with van der Waals surface area (Å²) >= 11 is 0. The summed E-state index contributed by atoms with van der Waals surface area (Å²) in [7, 11) is 1.74. The standard InChI is InChI=1S/C20H32N2O/c1-23-19-11-9-18(10-12-19)20-8-4-2-7-15-22(20)17-16-21-13-5-3-6-14-21/h9-12,20H,2-8,13-17H2,1H3. The molecule has 3 heteroatoms. The molecule has 0 saturated carbocycles. The summed E-state index contributed by atoms with van der Waals surface area (Å²) < 4.78 is 5.31. The zero-order chi connectivity index (χ0) is 15.9. The molecule has 1 aromatic rings. The predicted molar refractivity (Wildman–Crippen MR) is 96.1 cm³/mol. The van der Waals surface area contributed by atoms with Crippen LogP contribution in [0.1, 0.15) is 56.6 Å². The Labute approximate surface area is 141 Å². The van der Waals surface area contributed by atoms with Crippen molar-refractivity contribution >= 4 is 0 Å². The van der Waals surface area contributed by atoms with Gasteiger partial charge in [-0.15, -0.1) is 0 Å². The maximum absolute atomic E-state index is 5.31. The second kappa shape index (κ2) is 8.70. The molecule has 0 aromatic heterocycles. The van der Waals surface area contributed by atoms with E-state index < -0.39 is 0 Å². The molecule has 0 spiro atoms. The molecular formula is C20H32N2O. The summed E-state index contributed by atoms with van der Waals surface area (Å²) in [4.78, 5) is 5.41. The molecule has 0 aliphatic carbocycles. The fourth-order valence-corrected chi connectivity index (χ4v) is 4.09. The van der Waals surface area contributed by atoms with Gasteiger partial charge in [0.1, 0.15) is 5.75 Å². The molecule has 2 fully saturated rings. The molecule has 0 radical (unpaired) electrons. The van der Waals surface area contributed by atoms with Gasteiger partial charge in [0, 0.05) is 19.1 Å². The van der Waals surface area contributed by atoms with Crippen molar-refractivity contribution in [3.05, 3.63) is 29.8 Å². The van der Waals surface area contributed by atoms with E-state index in [1.54, 1.807) is 7.11 Å². The quantitative estimate of drug-likeness (QED) is 0.813. The maximum Gasteiger partial charge on any atom is 0.118 e. The third kappa shape index (κ3) is 4.71. The zero-order valence-electron chi connectivity index (χ0n) is 14.7. The predicted octanol–water partition coefficient (Wildman–Crippen LogP) is 4.10. The van der Waals surface area contributed by atoms with E-state index in [0.29, 0.717) is 6.04 Å². The van der Waals surface area contributed by atoms with Gasteiger partial charge in [-0.05, 0) is 63.0 Å². The van der Waals surface area contributed by atoms with E-state index in [-0.39, 0.29) is 0 Å². The van der Waals surface area contributed by atoms with Gasteiger partial charge in [-0.3, -0.25) is 4.90 Å². The van der Waals surface area contributed by atoms with Crippen molar-refractivity contribution in [1.29, 1.82) is 0 Å². The van der Waals surface area contributed by atoms with Crippen molar-refractivity contribution in [2.45, 2.75) is 51.0 Å². The summed E-state index contributed by atoms with van der Waals surface area (Å²) in [5.74, 6) is 0.960. The van der Waals surface area contributed by atoms with Crippen LogP contribution in [0.25, 0.3) is 0 Å². The Balaban J connectivity index is 1.63. The van der Waals surface area contributed by atoms with Crippen LogP contribution in [0.4, 0.5) is 0 Å². The van der Waals surface area contributed by atoms with Gasteiger partial charge in [0.2, 0.25) is 0 Å². The molecule has 2 heterocycles. The first kappa shape index (κ1) is 16.8. The molecule has 3 nitrogen and oxygen atoms in total. The van der Waals surface area contributed by atoms with Crippen LogP contribution in [0, 0.1) is 0 Å². The molecule has 1 atom stereocenters. The highest BCUT2D eigenvalue weighted by Crippen LogP contribution is 2.31. The lowest BCUT2D eigenvalue weighted by molar-refractivity contribution is 0.150. The van der Waals surface area contributed by atoms with E-state index in [1.807, 2.05) is 0 Å². The second-order valence-corrected chi connectivity index (χ2v) is 7.08. The smallest absolute Gasteiger partial charge is 0.118 e. The third-order valence-corrected chi connectivity index (χ3v) is 5.52. The van der Waals surface area contributed by atoms with Crippen LogP contribution >= 0.6 is 0 Å². The molecule has 1 aromatic carbocycles. The Morgan fingerprint density at radius 1 is 0.870 bits per heavy atom. The molecule has 23 heavy (non-hydrogen) atoms. The minimum absolute atomic E-state index is 0.591. The van der Waals surface area contributed by atoms with Crippen LogP contribution in [0.2, 0.25) is 0 Å². The molecule has 1 unspecified atom stereocenters. The van der Waals surface area contributed by atoms with Gasteiger partial charge in [0.05, 0.1) is 7.11 Å². The molecule has 128 valence electrons. The van der Waals surface area contributed by atoms with Gasteiger partial charge < -0.3 is 9.64 Å². The first-order chi connectivity index (χ1) is 11.4. The average molecular weight is 316 g/mol. The number of ether oxygens (including phenoxy) is 1. The van der Waals surface area contributed by atoms with Gasteiger partial charge >= 0.3 is 0 Å². The van der Waals surface area contributed by atoms with Gasteiger partial charge in [0.15, 0.2) is 0 Å². The Bertz CT molecular complexity index is 453. The summed E-state index contributed by atoms with van der Waals surface area (Å²) in [5.41, 5.74) is 1.46. The van der Waals surface area contributed by atoms with Crippen LogP contribution in [-0.2, 0) is 0 Å². The van der Waals surface area contributed by atoms with Crippen molar-refractivity contribution in [3.8, 4) is 5.75 Å². The van der Waals surface area contributed by atoms with Gasteiger partial charge in [-0.25, -0.2) is 0 Å². The normalized spacial score (nSPS) is 24.3. The van der Waals surface area contributed by atoms with Crippen molar-refractivity contribution in [1.82, 2.24) is 9.80 Å². The highest BCUT2D eigenvalue weighted by atomic mass is 16.5. The van der Waals surface area contributed by atoms with Crippen molar-refractivity contribution in [2.24, 2.45) is 0 Å². The van der Waals surface area contributed by atoms with E-state index in [0.717, 1.165) is 5.75 Å². The number of benzene rings is 1. The van der Waals surface area contributed by atoms with Crippen LogP contribution < -0.4 is 4.74 Å². The van der Waals surface area contributed by atoms with Crippen molar-refractivity contribution in [3.63, 3.8) is 0 Å². The third-order valence-electron chi connectivity index (χ3n) is 5.52. The number of hydrogen-bond donors (Lipinski definition) is 0. The maximum atomic E-state index is 5.31. The lowest BCUT2D eigenvalue weighted by Crippen LogP contribution is -2.39. The Morgan fingerprint density at radius 3 is 2.30 bits per heavy atom. The van der Waals surface area contributed by atoms with Crippen LogP contribution in [0.3, 0.4) is 0 Å². The largest absolute Gasteiger partial charge is 0.497 e. The molecule has 2 aliphatic rings. The van der Waals surface area contributed by atoms with E-state index in [4.69, 9.17) is 4.74 Å².